The maximum atomic E-state index is 11.9. The van der Waals surface area contributed by atoms with Gasteiger partial charge in [-0.1, -0.05) is 5.16 Å². The summed E-state index contributed by atoms with van der Waals surface area (Å²) in [7, 11) is 1.39. The van der Waals surface area contributed by atoms with E-state index in [2.05, 4.69) is 15.0 Å². The van der Waals surface area contributed by atoms with Gasteiger partial charge in [-0.3, -0.25) is 4.79 Å². The molecule has 0 atom stereocenters. The minimum atomic E-state index is -1.32. The minimum Gasteiger partial charge on any atom is -0.495 e. The number of benzene rings is 1. The maximum absolute atomic E-state index is 11.9. The van der Waals surface area contributed by atoms with E-state index in [1.807, 2.05) is 6.07 Å². The Morgan fingerprint density at radius 1 is 1.43 bits per heavy atom. The van der Waals surface area contributed by atoms with Gasteiger partial charge in [0, 0.05) is 12.1 Å². The van der Waals surface area contributed by atoms with Crippen molar-refractivity contribution in [3.63, 3.8) is 0 Å². The zero-order chi connectivity index (χ0) is 15.4. The van der Waals surface area contributed by atoms with Gasteiger partial charge in [0.15, 0.2) is 5.69 Å². The number of carbonyl (C=O) groups is 2. The summed E-state index contributed by atoms with van der Waals surface area (Å²) in [6.45, 7) is 0. The van der Waals surface area contributed by atoms with E-state index in [9.17, 15) is 9.59 Å². The third kappa shape index (κ3) is 2.98. The first-order valence-electron chi connectivity index (χ1n) is 5.64. The van der Waals surface area contributed by atoms with Crippen LogP contribution in [0.5, 0.6) is 5.75 Å². The van der Waals surface area contributed by atoms with Crippen LogP contribution in [0.25, 0.3) is 0 Å². The van der Waals surface area contributed by atoms with Gasteiger partial charge in [0.05, 0.1) is 24.4 Å². The minimum absolute atomic E-state index is 0.182. The average Bonchev–Trinajstić information content (AvgIpc) is 2.97. The first kappa shape index (κ1) is 14.1. The number of carboxylic acid groups (broad SMARTS) is 1. The quantitative estimate of drug-likeness (QED) is 0.872. The number of rotatable bonds is 4. The van der Waals surface area contributed by atoms with Gasteiger partial charge < -0.3 is 19.7 Å². The van der Waals surface area contributed by atoms with Crippen LogP contribution in [0.1, 0.15) is 26.6 Å². The van der Waals surface area contributed by atoms with Gasteiger partial charge in [-0.2, -0.15) is 5.26 Å². The maximum Gasteiger partial charge on any atom is 0.374 e. The van der Waals surface area contributed by atoms with Crippen LogP contribution >= 0.6 is 0 Å². The fourth-order valence-electron chi connectivity index (χ4n) is 1.53. The molecule has 0 unspecified atom stereocenters. The number of ether oxygens (including phenoxy) is 1. The number of nitriles is 1. The highest BCUT2D eigenvalue weighted by molar-refractivity contribution is 6.04. The lowest BCUT2D eigenvalue weighted by Crippen LogP contribution is -2.13. The van der Waals surface area contributed by atoms with Crippen molar-refractivity contribution in [3.8, 4) is 11.8 Å². The van der Waals surface area contributed by atoms with E-state index in [0.717, 1.165) is 6.07 Å². The fraction of sp³-hybridized carbons (Fsp3) is 0.0769. The zero-order valence-corrected chi connectivity index (χ0v) is 10.8. The summed E-state index contributed by atoms with van der Waals surface area (Å²) in [6.07, 6.45) is 0. The zero-order valence-electron chi connectivity index (χ0n) is 10.8. The standard InChI is InChI=1S/C13H9N3O5/c1-20-10-4-7(6-14)2-3-8(10)15-12(17)9-5-11(13(18)19)21-16-9/h2-5H,1H3,(H,15,17)(H,18,19). The van der Waals surface area contributed by atoms with Gasteiger partial charge >= 0.3 is 5.97 Å². The molecule has 2 rings (SSSR count). The van der Waals surface area contributed by atoms with Crippen LogP contribution in [0, 0.1) is 11.3 Å². The molecule has 0 aliphatic carbocycles. The van der Waals surface area contributed by atoms with Crippen LogP contribution in [0.4, 0.5) is 5.69 Å². The van der Waals surface area contributed by atoms with Crippen LogP contribution in [0.3, 0.4) is 0 Å². The Bertz CT molecular complexity index is 745. The molecule has 1 heterocycles. The molecule has 8 heteroatoms. The number of carboxylic acids is 1. The summed E-state index contributed by atoms with van der Waals surface area (Å²) >= 11 is 0. The first-order chi connectivity index (χ1) is 10.0. The van der Waals surface area contributed by atoms with Crippen molar-refractivity contribution >= 4 is 17.6 Å². The monoisotopic (exact) mass is 287 g/mol. The van der Waals surface area contributed by atoms with Crippen LogP contribution in [0.2, 0.25) is 0 Å². The second-order valence-electron chi connectivity index (χ2n) is 3.86. The number of aromatic nitrogens is 1. The third-order valence-electron chi connectivity index (χ3n) is 2.53. The number of aromatic carboxylic acids is 1. The van der Waals surface area contributed by atoms with Gasteiger partial charge in [-0.15, -0.1) is 0 Å². The molecule has 106 valence electrons. The lowest BCUT2D eigenvalue weighted by Gasteiger charge is -2.09. The van der Waals surface area contributed by atoms with Crippen molar-refractivity contribution in [1.29, 1.82) is 5.26 Å². The van der Waals surface area contributed by atoms with Crippen molar-refractivity contribution in [1.82, 2.24) is 5.16 Å². The van der Waals surface area contributed by atoms with Crippen LogP contribution < -0.4 is 10.1 Å². The first-order valence-corrected chi connectivity index (χ1v) is 5.64. The predicted octanol–water partition coefficient (Wildman–Crippen LogP) is 1.51. The van der Waals surface area contributed by atoms with E-state index in [4.69, 9.17) is 15.1 Å². The molecule has 0 spiro atoms. The van der Waals surface area contributed by atoms with E-state index in [1.54, 1.807) is 0 Å². The molecule has 0 radical (unpaired) electrons. The molecule has 0 fully saturated rings. The molecule has 2 N–H and O–H groups in total. The highest BCUT2D eigenvalue weighted by Crippen LogP contribution is 2.25. The van der Waals surface area contributed by atoms with Crippen LogP contribution in [-0.4, -0.2) is 29.2 Å². The Labute approximate surface area is 118 Å². The Hall–Kier alpha value is -3.34. The molecule has 1 aromatic heterocycles. The lowest BCUT2D eigenvalue weighted by atomic mass is 10.2. The average molecular weight is 287 g/mol. The summed E-state index contributed by atoms with van der Waals surface area (Å²) in [5.74, 6) is -2.12. The molecule has 0 aliphatic rings. The van der Waals surface area contributed by atoms with E-state index in [0.29, 0.717) is 17.0 Å². The molecule has 1 aromatic carbocycles. The lowest BCUT2D eigenvalue weighted by molar-refractivity contribution is 0.0651. The summed E-state index contributed by atoms with van der Waals surface area (Å²) in [5, 5.41) is 23.3. The highest BCUT2D eigenvalue weighted by atomic mass is 16.5. The van der Waals surface area contributed by atoms with Crippen molar-refractivity contribution in [3.05, 3.63) is 41.3 Å². The summed E-state index contributed by atoms with van der Waals surface area (Å²) < 4.78 is 9.56. The number of hydrogen-bond donors (Lipinski definition) is 2. The van der Waals surface area contributed by atoms with E-state index >= 15 is 0 Å². The molecular weight excluding hydrogens is 278 g/mol. The number of nitrogens with one attached hydrogen (secondary N) is 1. The SMILES string of the molecule is COc1cc(C#N)ccc1NC(=O)c1cc(C(=O)O)on1. The van der Waals surface area contributed by atoms with Gasteiger partial charge in [0.2, 0.25) is 5.76 Å². The summed E-state index contributed by atoms with van der Waals surface area (Å²) in [5.41, 5.74) is 0.514. The second kappa shape index (κ2) is 5.75. The topological polar surface area (TPSA) is 125 Å². The summed E-state index contributed by atoms with van der Waals surface area (Å²) in [4.78, 5) is 22.6. The van der Waals surface area contributed by atoms with Gasteiger partial charge in [0.25, 0.3) is 5.91 Å². The number of nitrogens with zero attached hydrogens (tertiary/aromatic N) is 2. The van der Waals surface area contributed by atoms with Crippen LogP contribution in [-0.2, 0) is 0 Å². The molecule has 0 bridgehead atoms. The van der Waals surface area contributed by atoms with Crippen molar-refractivity contribution in [2.24, 2.45) is 0 Å². The van der Waals surface area contributed by atoms with Gasteiger partial charge in [0.1, 0.15) is 5.75 Å². The number of methoxy groups -OCH3 is 1. The third-order valence-corrected chi connectivity index (χ3v) is 2.53. The van der Waals surface area contributed by atoms with Crippen LogP contribution in [0.15, 0.2) is 28.8 Å². The van der Waals surface area contributed by atoms with E-state index < -0.39 is 17.6 Å². The fourth-order valence-corrected chi connectivity index (χ4v) is 1.53. The van der Waals surface area contributed by atoms with E-state index in [-0.39, 0.29) is 5.69 Å². The Kier molecular flexibility index (Phi) is 3.85. The summed E-state index contributed by atoms with van der Waals surface area (Å²) in [6, 6.07) is 7.41. The Morgan fingerprint density at radius 3 is 2.76 bits per heavy atom. The van der Waals surface area contributed by atoms with Gasteiger partial charge in [-0.05, 0) is 12.1 Å². The van der Waals surface area contributed by atoms with Gasteiger partial charge in [-0.25, -0.2) is 4.79 Å². The predicted molar refractivity (Wildman–Crippen MR) is 69.1 cm³/mol. The van der Waals surface area contributed by atoms with Crippen molar-refractivity contribution in [2.75, 3.05) is 12.4 Å². The Morgan fingerprint density at radius 2 is 2.19 bits per heavy atom. The molecule has 0 aliphatic heterocycles. The molecule has 21 heavy (non-hydrogen) atoms. The number of anilines is 1. The second-order valence-corrected chi connectivity index (χ2v) is 3.86. The molecule has 8 nitrogen and oxygen atoms in total. The van der Waals surface area contributed by atoms with E-state index in [1.165, 1.54) is 25.3 Å². The Balaban J connectivity index is 2.23. The molecule has 0 saturated carbocycles. The number of amides is 1. The molecule has 2 aromatic rings. The highest BCUT2D eigenvalue weighted by Gasteiger charge is 2.18. The van der Waals surface area contributed by atoms with Crippen molar-refractivity contribution < 1.29 is 24.0 Å². The number of carbonyl (C=O) groups excluding carboxylic acids is 1. The smallest absolute Gasteiger partial charge is 0.374 e. The van der Waals surface area contributed by atoms with Crippen molar-refractivity contribution in [2.45, 2.75) is 0 Å². The molecular formula is C13H9N3O5. The molecule has 0 saturated heterocycles. The molecule has 1 amide bonds. The normalized spacial score (nSPS) is 9.71. The largest absolute Gasteiger partial charge is 0.495 e. The number of hydrogen-bond acceptors (Lipinski definition) is 6.